The molecule has 1 amide bonds. The van der Waals surface area contributed by atoms with Gasteiger partial charge in [0.05, 0.1) is 6.42 Å². The van der Waals surface area contributed by atoms with Crippen LogP contribution in [0.5, 0.6) is 5.75 Å². The van der Waals surface area contributed by atoms with Crippen LogP contribution >= 0.6 is 11.6 Å². The Balaban J connectivity index is 2.01. The third-order valence-corrected chi connectivity index (χ3v) is 4.19. The van der Waals surface area contributed by atoms with Gasteiger partial charge in [0.25, 0.3) is 0 Å². The number of phenols is 1. The summed E-state index contributed by atoms with van der Waals surface area (Å²) < 4.78 is 0. The van der Waals surface area contributed by atoms with Crippen molar-refractivity contribution < 1.29 is 14.7 Å². The minimum absolute atomic E-state index is 0.121. The maximum Gasteiger partial charge on any atom is 0.232 e. The molecule has 26 heavy (non-hydrogen) atoms. The summed E-state index contributed by atoms with van der Waals surface area (Å²) in [6, 6.07) is 10.4. The standard InChI is InChI=1S/C21H22ClNO3/c1-13(2)18-12-19(14(3)10-20(18)25)23-21(26)11-17(24)9-6-15-4-7-16(22)8-5-15/h4-10,12-13,25H,11H2,1-3H3,(H,23,26)/b9-6+. The molecule has 0 saturated carbocycles. The molecular formula is C21H22ClNO3. The van der Waals surface area contributed by atoms with Crippen molar-refractivity contribution in [3.63, 3.8) is 0 Å². The zero-order valence-electron chi connectivity index (χ0n) is 15.0. The van der Waals surface area contributed by atoms with E-state index in [1.165, 1.54) is 6.08 Å². The van der Waals surface area contributed by atoms with Crippen LogP contribution in [0.4, 0.5) is 5.69 Å². The van der Waals surface area contributed by atoms with Gasteiger partial charge >= 0.3 is 0 Å². The molecule has 2 rings (SSSR count). The first-order valence-corrected chi connectivity index (χ1v) is 8.74. The maximum atomic E-state index is 12.2. The highest BCUT2D eigenvalue weighted by molar-refractivity contribution is 6.30. The number of carbonyl (C=O) groups is 2. The third kappa shape index (κ3) is 5.46. The summed E-state index contributed by atoms with van der Waals surface area (Å²) >= 11 is 5.81. The largest absolute Gasteiger partial charge is 0.508 e. The molecular weight excluding hydrogens is 350 g/mol. The average Bonchev–Trinajstić information content (AvgIpc) is 2.56. The molecule has 0 aliphatic carbocycles. The lowest BCUT2D eigenvalue weighted by Gasteiger charge is -2.14. The van der Waals surface area contributed by atoms with Gasteiger partial charge in [-0.2, -0.15) is 0 Å². The Kier molecular flexibility index (Phi) is 6.58. The topological polar surface area (TPSA) is 66.4 Å². The molecule has 5 heteroatoms. The van der Waals surface area contributed by atoms with Crippen molar-refractivity contribution in [2.45, 2.75) is 33.1 Å². The van der Waals surface area contributed by atoms with E-state index in [1.54, 1.807) is 49.4 Å². The summed E-state index contributed by atoms with van der Waals surface area (Å²) in [6.45, 7) is 5.71. The SMILES string of the molecule is Cc1cc(O)c(C(C)C)cc1NC(=O)CC(=O)/C=C/c1ccc(Cl)cc1. The monoisotopic (exact) mass is 371 g/mol. The lowest BCUT2D eigenvalue weighted by molar-refractivity contribution is -0.122. The van der Waals surface area contributed by atoms with Gasteiger partial charge in [-0.3, -0.25) is 9.59 Å². The van der Waals surface area contributed by atoms with Gasteiger partial charge in [-0.15, -0.1) is 0 Å². The van der Waals surface area contributed by atoms with E-state index in [1.807, 2.05) is 13.8 Å². The molecule has 0 radical (unpaired) electrons. The number of ketones is 1. The van der Waals surface area contributed by atoms with E-state index in [9.17, 15) is 14.7 Å². The van der Waals surface area contributed by atoms with Gasteiger partial charge in [-0.25, -0.2) is 0 Å². The molecule has 2 aromatic rings. The van der Waals surface area contributed by atoms with Gasteiger partial charge in [0.15, 0.2) is 5.78 Å². The summed E-state index contributed by atoms with van der Waals surface area (Å²) in [4.78, 5) is 24.1. The van der Waals surface area contributed by atoms with Gasteiger partial charge in [0.2, 0.25) is 5.91 Å². The summed E-state index contributed by atoms with van der Waals surface area (Å²) in [6.07, 6.45) is 2.78. The lowest BCUT2D eigenvalue weighted by atomic mass is 9.99. The van der Waals surface area contributed by atoms with E-state index < -0.39 is 0 Å². The van der Waals surface area contributed by atoms with Gasteiger partial charge in [-0.05, 0) is 59.9 Å². The average molecular weight is 372 g/mol. The highest BCUT2D eigenvalue weighted by atomic mass is 35.5. The fourth-order valence-corrected chi connectivity index (χ4v) is 2.61. The Morgan fingerprint density at radius 1 is 1.19 bits per heavy atom. The van der Waals surface area contributed by atoms with Crippen molar-refractivity contribution >= 4 is 35.1 Å². The Hall–Kier alpha value is -2.59. The van der Waals surface area contributed by atoms with Gasteiger partial charge < -0.3 is 10.4 Å². The predicted octanol–water partition coefficient (Wildman–Crippen LogP) is 5.09. The summed E-state index contributed by atoms with van der Waals surface area (Å²) in [5, 5.41) is 13.3. The Morgan fingerprint density at radius 3 is 2.46 bits per heavy atom. The van der Waals surface area contributed by atoms with E-state index in [-0.39, 0.29) is 29.8 Å². The number of benzene rings is 2. The van der Waals surface area contributed by atoms with E-state index in [0.29, 0.717) is 10.7 Å². The fraction of sp³-hybridized carbons (Fsp3) is 0.238. The summed E-state index contributed by atoms with van der Waals surface area (Å²) in [5.74, 6) is -0.357. The number of halogens is 1. The molecule has 0 saturated heterocycles. The molecule has 0 bridgehead atoms. The Morgan fingerprint density at radius 2 is 1.85 bits per heavy atom. The van der Waals surface area contributed by atoms with Crippen LogP contribution in [-0.2, 0) is 9.59 Å². The molecule has 0 spiro atoms. The molecule has 0 heterocycles. The smallest absolute Gasteiger partial charge is 0.232 e. The highest BCUT2D eigenvalue weighted by Crippen LogP contribution is 2.31. The van der Waals surface area contributed by atoms with E-state index >= 15 is 0 Å². The normalized spacial score (nSPS) is 11.1. The number of allylic oxidation sites excluding steroid dienone is 1. The van der Waals surface area contributed by atoms with Crippen molar-refractivity contribution in [1.29, 1.82) is 0 Å². The lowest BCUT2D eigenvalue weighted by Crippen LogP contribution is -2.16. The molecule has 0 aliphatic heterocycles. The second-order valence-corrected chi connectivity index (χ2v) is 6.89. The number of anilines is 1. The third-order valence-electron chi connectivity index (χ3n) is 3.94. The number of nitrogens with one attached hydrogen (secondary N) is 1. The molecule has 2 N–H and O–H groups in total. The number of phenolic OH excluding ortho intramolecular Hbond substituents is 1. The first-order valence-electron chi connectivity index (χ1n) is 8.36. The highest BCUT2D eigenvalue weighted by Gasteiger charge is 2.13. The zero-order chi connectivity index (χ0) is 19.3. The number of rotatable bonds is 6. The minimum Gasteiger partial charge on any atom is -0.508 e. The first-order chi connectivity index (χ1) is 12.3. The second-order valence-electron chi connectivity index (χ2n) is 6.46. The van der Waals surface area contributed by atoms with E-state index in [2.05, 4.69) is 5.32 Å². The molecule has 0 atom stereocenters. The molecule has 0 aliphatic rings. The number of aromatic hydroxyl groups is 1. The number of amides is 1. The van der Waals surface area contributed by atoms with Gasteiger partial charge in [0.1, 0.15) is 5.75 Å². The van der Waals surface area contributed by atoms with Crippen molar-refractivity contribution in [2.24, 2.45) is 0 Å². The van der Waals surface area contributed by atoms with E-state index in [0.717, 1.165) is 16.7 Å². The summed E-state index contributed by atoms with van der Waals surface area (Å²) in [7, 11) is 0. The molecule has 0 aromatic heterocycles. The predicted molar refractivity (Wildman–Crippen MR) is 106 cm³/mol. The van der Waals surface area contributed by atoms with Crippen LogP contribution in [0.15, 0.2) is 42.5 Å². The van der Waals surface area contributed by atoms with Crippen LogP contribution in [0.2, 0.25) is 5.02 Å². The van der Waals surface area contributed by atoms with Crippen molar-refractivity contribution in [1.82, 2.24) is 0 Å². The molecule has 4 nitrogen and oxygen atoms in total. The molecule has 0 fully saturated rings. The molecule has 0 unspecified atom stereocenters. The van der Waals surface area contributed by atoms with Gasteiger partial charge in [0, 0.05) is 10.7 Å². The quantitative estimate of drug-likeness (QED) is 0.422. The van der Waals surface area contributed by atoms with Crippen LogP contribution in [0, 0.1) is 6.92 Å². The van der Waals surface area contributed by atoms with E-state index in [4.69, 9.17) is 11.6 Å². The number of aryl methyl sites for hydroxylation is 1. The van der Waals surface area contributed by atoms with Gasteiger partial charge in [-0.1, -0.05) is 43.7 Å². The van der Waals surface area contributed by atoms with Crippen LogP contribution in [0.3, 0.4) is 0 Å². The van der Waals surface area contributed by atoms with Crippen LogP contribution in [0.1, 0.15) is 42.9 Å². The second kappa shape index (κ2) is 8.68. The Bertz CT molecular complexity index is 839. The number of carbonyl (C=O) groups excluding carboxylic acids is 2. The van der Waals surface area contributed by atoms with Crippen molar-refractivity contribution in [3.05, 3.63) is 64.2 Å². The summed E-state index contributed by atoms with van der Waals surface area (Å²) in [5.41, 5.74) is 2.93. The number of hydrogen-bond donors (Lipinski definition) is 2. The Labute approximate surface area is 158 Å². The fourth-order valence-electron chi connectivity index (χ4n) is 2.48. The van der Waals surface area contributed by atoms with Crippen LogP contribution < -0.4 is 5.32 Å². The molecule has 136 valence electrons. The van der Waals surface area contributed by atoms with Crippen LogP contribution in [-0.4, -0.2) is 16.8 Å². The van der Waals surface area contributed by atoms with Crippen molar-refractivity contribution in [2.75, 3.05) is 5.32 Å². The first kappa shape index (κ1) is 19.7. The maximum absolute atomic E-state index is 12.2. The van der Waals surface area contributed by atoms with Crippen LogP contribution in [0.25, 0.3) is 6.08 Å². The zero-order valence-corrected chi connectivity index (χ0v) is 15.8. The minimum atomic E-state index is -0.390. The number of hydrogen-bond acceptors (Lipinski definition) is 3. The van der Waals surface area contributed by atoms with Crippen molar-refractivity contribution in [3.8, 4) is 5.75 Å². The molecule has 2 aromatic carbocycles.